The van der Waals surface area contributed by atoms with Gasteiger partial charge in [-0.1, -0.05) is 34.8 Å². The lowest BCUT2D eigenvalue weighted by atomic mass is 10.1. The summed E-state index contributed by atoms with van der Waals surface area (Å²) in [6.07, 6.45) is 3.34. The van der Waals surface area contributed by atoms with Gasteiger partial charge in [-0.05, 0) is 24.3 Å². The molecule has 0 unspecified atom stereocenters. The Bertz CT molecular complexity index is 1120. The van der Waals surface area contributed by atoms with E-state index in [1.807, 2.05) is 0 Å². The van der Waals surface area contributed by atoms with Crippen LogP contribution in [-0.4, -0.2) is 38.6 Å². The number of carbonyl (C=O) groups is 3. The summed E-state index contributed by atoms with van der Waals surface area (Å²) in [6, 6.07) is 6.04. The van der Waals surface area contributed by atoms with Gasteiger partial charge in [0.05, 0.1) is 31.9 Å². The fourth-order valence-corrected chi connectivity index (χ4v) is 3.34. The van der Waals surface area contributed by atoms with Crippen LogP contribution in [0.15, 0.2) is 36.7 Å². The lowest BCUT2D eigenvalue weighted by molar-refractivity contribution is -0.145. The second-order valence-corrected chi connectivity index (χ2v) is 7.26. The van der Waals surface area contributed by atoms with Crippen molar-refractivity contribution in [2.24, 2.45) is 0 Å². The predicted molar refractivity (Wildman–Crippen MR) is 102 cm³/mol. The Morgan fingerprint density at radius 3 is 2.29 bits per heavy atom. The minimum absolute atomic E-state index is 0.101. The number of imidazole rings is 1. The average Bonchev–Trinajstić information content (AvgIpc) is 3.15. The van der Waals surface area contributed by atoms with Crippen molar-refractivity contribution in [2.75, 3.05) is 6.54 Å². The minimum atomic E-state index is -0.748. The SMILES string of the molecule is O=C(CN1C(=O)c2cc(Cl)c(Cl)cc2C1=O)OCc1cn2cc(Cl)ccc2n1. The fourth-order valence-electron chi connectivity index (χ4n) is 2.84. The Kier molecular flexibility index (Phi) is 4.74. The molecule has 142 valence electrons. The molecule has 0 spiro atoms. The zero-order valence-corrected chi connectivity index (χ0v) is 16.3. The van der Waals surface area contributed by atoms with Gasteiger partial charge in [0.25, 0.3) is 11.8 Å². The first-order valence-electron chi connectivity index (χ1n) is 7.97. The highest BCUT2D eigenvalue weighted by Crippen LogP contribution is 2.31. The Hall–Kier alpha value is -2.61. The van der Waals surface area contributed by atoms with E-state index >= 15 is 0 Å². The number of fused-ring (bicyclic) bond motifs is 2. The molecule has 0 saturated heterocycles. The monoisotopic (exact) mass is 437 g/mol. The van der Waals surface area contributed by atoms with Gasteiger partial charge in [-0.2, -0.15) is 0 Å². The molecule has 0 atom stereocenters. The summed E-state index contributed by atoms with van der Waals surface area (Å²) in [5.41, 5.74) is 1.34. The predicted octanol–water partition coefficient (Wildman–Crippen LogP) is 3.63. The van der Waals surface area contributed by atoms with E-state index in [-0.39, 0.29) is 27.8 Å². The number of ether oxygens (including phenoxy) is 1. The number of halogens is 3. The molecule has 0 N–H and O–H groups in total. The molecule has 4 rings (SSSR count). The van der Waals surface area contributed by atoms with Crippen molar-refractivity contribution in [3.63, 3.8) is 0 Å². The number of imide groups is 1. The van der Waals surface area contributed by atoms with Crippen molar-refractivity contribution in [1.29, 1.82) is 0 Å². The van der Waals surface area contributed by atoms with Gasteiger partial charge < -0.3 is 9.14 Å². The average molecular weight is 439 g/mol. The molecule has 3 aromatic rings. The first-order valence-corrected chi connectivity index (χ1v) is 9.11. The van der Waals surface area contributed by atoms with E-state index in [9.17, 15) is 14.4 Å². The second kappa shape index (κ2) is 7.09. The van der Waals surface area contributed by atoms with E-state index in [4.69, 9.17) is 39.5 Å². The van der Waals surface area contributed by atoms with Gasteiger partial charge in [-0.25, -0.2) is 4.98 Å². The van der Waals surface area contributed by atoms with Crippen LogP contribution in [0.4, 0.5) is 0 Å². The van der Waals surface area contributed by atoms with E-state index in [0.29, 0.717) is 16.4 Å². The molecule has 0 saturated carbocycles. The lowest BCUT2D eigenvalue weighted by Crippen LogP contribution is -2.35. The molecular formula is C18H10Cl3N3O4. The molecule has 10 heteroatoms. The van der Waals surface area contributed by atoms with Gasteiger partial charge in [-0.15, -0.1) is 0 Å². The smallest absolute Gasteiger partial charge is 0.326 e. The summed E-state index contributed by atoms with van der Waals surface area (Å²) in [6.45, 7) is -0.639. The van der Waals surface area contributed by atoms with Gasteiger partial charge in [0.15, 0.2) is 0 Å². The van der Waals surface area contributed by atoms with E-state index in [2.05, 4.69) is 4.98 Å². The molecule has 0 bridgehead atoms. The molecule has 1 aliphatic rings. The molecule has 0 aliphatic carbocycles. The molecule has 3 heterocycles. The molecular weight excluding hydrogens is 429 g/mol. The number of nitrogens with zero attached hydrogens (tertiary/aromatic N) is 3. The normalized spacial score (nSPS) is 13.3. The van der Waals surface area contributed by atoms with Crippen LogP contribution in [0.2, 0.25) is 15.1 Å². The van der Waals surface area contributed by atoms with Gasteiger partial charge >= 0.3 is 5.97 Å². The molecule has 1 aromatic carbocycles. The quantitative estimate of drug-likeness (QED) is 0.459. The molecule has 2 amide bonds. The zero-order chi connectivity index (χ0) is 20.0. The number of hydrogen-bond donors (Lipinski definition) is 0. The third-order valence-electron chi connectivity index (χ3n) is 4.14. The Morgan fingerprint density at radius 2 is 1.64 bits per heavy atom. The summed E-state index contributed by atoms with van der Waals surface area (Å²) in [4.78, 5) is 42.0. The number of esters is 1. The molecule has 2 aromatic heterocycles. The van der Waals surface area contributed by atoms with E-state index < -0.39 is 24.3 Å². The summed E-state index contributed by atoms with van der Waals surface area (Å²) >= 11 is 17.7. The number of hydrogen-bond acceptors (Lipinski definition) is 5. The van der Waals surface area contributed by atoms with Crippen molar-refractivity contribution in [1.82, 2.24) is 14.3 Å². The Morgan fingerprint density at radius 1 is 1.00 bits per heavy atom. The van der Waals surface area contributed by atoms with Gasteiger partial charge in [0.2, 0.25) is 0 Å². The van der Waals surface area contributed by atoms with Crippen molar-refractivity contribution < 1.29 is 19.1 Å². The highest BCUT2D eigenvalue weighted by atomic mass is 35.5. The van der Waals surface area contributed by atoms with Crippen LogP contribution in [0.3, 0.4) is 0 Å². The maximum absolute atomic E-state index is 12.4. The van der Waals surface area contributed by atoms with Crippen molar-refractivity contribution >= 4 is 58.2 Å². The van der Waals surface area contributed by atoms with E-state index in [1.54, 1.807) is 28.9 Å². The first-order chi connectivity index (χ1) is 13.3. The number of rotatable bonds is 4. The highest BCUT2D eigenvalue weighted by molar-refractivity contribution is 6.43. The maximum Gasteiger partial charge on any atom is 0.326 e. The summed E-state index contributed by atoms with van der Waals surface area (Å²) in [7, 11) is 0. The van der Waals surface area contributed by atoms with Crippen LogP contribution >= 0.6 is 34.8 Å². The first kappa shape index (κ1) is 18.7. The summed E-state index contributed by atoms with van der Waals surface area (Å²) < 4.78 is 6.84. The number of aromatic nitrogens is 2. The third kappa shape index (κ3) is 3.32. The Balaban J connectivity index is 1.43. The molecule has 0 fully saturated rings. The van der Waals surface area contributed by atoms with Crippen molar-refractivity contribution in [3.8, 4) is 0 Å². The molecule has 7 nitrogen and oxygen atoms in total. The number of carbonyl (C=O) groups excluding carboxylic acids is 3. The molecule has 0 radical (unpaired) electrons. The lowest BCUT2D eigenvalue weighted by Gasteiger charge is -2.12. The topological polar surface area (TPSA) is 81.0 Å². The highest BCUT2D eigenvalue weighted by Gasteiger charge is 2.37. The van der Waals surface area contributed by atoms with Crippen LogP contribution in [0.1, 0.15) is 26.4 Å². The molecule has 1 aliphatic heterocycles. The van der Waals surface area contributed by atoms with Gasteiger partial charge in [0, 0.05) is 12.4 Å². The molecule has 28 heavy (non-hydrogen) atoms. The zero-order valence-electron chi connectivity index (χ0n) is 14.0. The van der Waals surface area contributed by atoms with Crippen LogP contribution in [0.25, 0.3) is 5.65 Å². The summed E-state index contributed by atoms with van der Waals surface area (Å²) in [5, 5.41) is 0.843. The second-order valence-electron chi connectivity index (χ2n) is 6.01. The van der Waals surface area contributed by atoms with E-state index in [1.165, 1.54) is 12.1 Å². The summed E-state index contributed by atoms with van der Waals surface area (Å²) in [5.74, 6) is -2.00. The van der Waals surface area contributed by atoms with Crippen LogP contribution in [-0.2, 0) is 16.1 Å². The standard InChI is InChI=1S/C18H10Cl3N3O4/c19-9-1-2-15-22-10(6-23(15)5-9)8-28-16(25)7-24-17(26)11-3-13(20)14(21)4-12(11)18(24)27/h1-6H,7-8H2. The number of benzene rings is 1. The largest absolute Gasteiger partial charge is 0.458 e. The fraction of sp³-hybridized carbons (Fsp3) is 0.111. The van der Waals surface area contributed by atoms with E-state index in [0.717, 1.165) is 4.90 Å². The number of pyridine rings is 1. The van der Waals surface area contributed by atoms with Gasteiger partial charge in [0.1, 0.15) is 18.8 Å². The van der Waals surface area contributed by atoms with Crippen molar-refractivity contribution in [2.45, 2.75) is 6.61 Å². The van der Waals surface area contributed by atoms with Crippen molar-refractivity contribution in [3.05, 3.63) is 68.5 Å². The maximum atomic E-state index is 12.4. The Labute approximate surface area is 173 Å². The minimum Gasteiger partial charge on any atom is -0.458 e. The number of amides is 2. The third-order valence-corrected chi connectivity index (χ3v) is 5.09. The van der Waals surface area contributed by atoms with Gasteiger partial charge in [-0.3, -0.25) is 19.3 Å². The van der Waals surface area contributed by atoms with Crippen LogP contribution in [0.5, 0.6) is 0 Å². The van der Waals surface area contributed by atoms with Crippen LogP contribution < -0.4 is 0 Å². The van der Waals surface area contributed by atoms with Crippen LogP contribution in [0, 0.1) is 0 Å².